The molecule has 0 bridgehead atoms. The molecule has 0 saturated carbocycles. The Hall–Kier alpha value is -6.24. The van der Waals surface area contributed by atoms with Crippen LogP contribution < -0.4 is 45.5 Å². The minimum atomic E-state index is -5.40. The molecule has 0 aliphatic heterocycles. The van der Waals surface area contributed by atoms with Gasteiger partial charge in [-0.2, -0.15) is 0 Å². The molecule has 0 radical (unpaired) electrons. The summed E-state index contributed by atoms with van der Waals surface area (Å²) in [6.07, 6.45) is -10.5. The SMILES string of the molecule is FC(F)(F)c1cc(OB(OP(Oc2ccc(Br)cc2)(c2ccccc2)(c2ccccc2)c2ccccc2)OP(Oc2ccc(Br)cc2)(c2ccccc2)(c2ccccc2)c2ccccc2)cc(C(F)(F)F)c1. The first-order chi connectivity index (χ1) is 34.6. The first kappa shape index (κ1) is 50.7. The van der Waals surface area contributed by atoms with Crippen LogP contribution in [-0.2, 0) is 21.2 Å². The van der Waals surface area contributed by atoms with Gasteiger partial charge in [0.05, 0.1) is 0 Å². The summed E-state index contributed by atoms with van der Waals surface area (Å²) in [5.41, 5.74) is -3.25. The molecule has 0 aliphatic carbocycles. The molecule has 9 rings (SSSR count). The van der Waals surface area contributed by atoms with Crippen molar-refractivity contribution in [3.05, 3.63) is 269 Å². The van der Waals surface area contributed by atoms with Crippen LogP contribution in [0.2, 0.25) is 0 Å². The number of halogens is 8. The monoisotopic (exact) mass is 1140 g/mol. The van der Waals surface area contributed by atoms with Crippen LogP contribution in [0.25, 0.3) is 0 Å². The van der Waals surface area contributed by atoms with Gasteiger partial charge in [-0.3, -0.25) is 0 Å². The molecule has 0 aromatic heterocycles. The summed E-state index contributed by atoms with van der Waals surface area (Å²) in [6, 6.07) is 68.7. The Kier molecular flexibility index (Phi) is 14.3. The summed E-state index contributed by atoms with van der Waals surface area (Å²) in [5.74, 6) is -0.323. The molecule has 0 heterocycles. The average Bonchev–Trinajstić information content (AvgIpc) is 3.40. The van der Waals surface area contributed by atoms with Gasteiger partial charge in [-0.15, -0.1) is 0 Å². The fourth-order valence-corrected chi connectivity index (χ4v) is 18.7. The van der Waals surface area contributed by atoms with Crippen molar-refractivity contribution < 1.29 is 48.9 Å². The van der Waals surface area contributed by atoms with Crippen molar-refractivity contribution in [3.63, 3.8) is 0 Å². The zero-order chi connectivity index (χ0) is 50.5. The van der Waals surface area contributed by atoms with Gasteiger partial charge in [0, 0.05) is 0 Å². The van der Waals surface area contributed by atoms with Crippen molar-refractivity contribution >= 4 is 85.1 Å². The Morgan fingerprint density at radius 3 is 0.806 bits per heavy atom. The topological polar surface area (TPSA) is 46.2 Å². The summed E-state index contributed by atoms with van der Waals surface area (Å²) >= 11 is 7.08. The Balaban J connectivity index is 1.47. The second-order valence-electron chi connectivity index (χ2n) is 16.4. The van der Waals surface area contributed by atoms with Gasteiger partial charge in [0.1, 0.15) is 0 Å². The zero-order valence-electron chi connectivity index (χ0n) is 37.7. The van der Waals surface area contributed by atoms with Crippen LogP contribution in [0.4, 0.5) is 26.3 Å². The summed E-state index contributed by atoms with van der Waals surface area (Å²) in [7, 11) is -13.1. The molecule has 0 unspecified atom stereocenters. The molecule has 0 N–H and O–H groups in total. The molecule has 0 saturated heterocycles. The minimum absolute atomic E-state index is 0.0344. The van der Waals surface area contributed by atoms with Crippen LogP contribution in [-0.4, -0.2) is 7.32 Å². The van der Waals surface area contributed by atoms with Gasteiger partial charge in [0.25, 0.3) is 0 Å². The first-order valence-corrected chi connectivity index (χ1v) is 28.0. The number of hydrogen-bond donors (Lipinski definition) is 0. The third-order valence-electron chi connectivity index (χ3n) is 11.9. The van der Waals surface area contributed by atoms with Crippen LogP contribution in [0, 0.1) is 0 Å². The van der Waals surface area contributed by atoms with Crippen LogP contribution in [0.3, 0.4) is 0 Å². The quantitative estimate of drug-likeness (QED) is 0.0548. The van der Waals surface area contributed by atoms with E-state index in [4.69, 9.17) is 22.6 Å². The predicted molar refractivity (Wildman–Crippen MR) is 285 cm³/mol. The third-order valence-corrected chi connectivity index (χ3v) is 22.6. The van der Waals surface area contributed by atoms with Crippen LogP contribution >= 0.6 is 46.0 Å². The molecule has 9 aromatic carbocycles. The van der Waals surface area contributed by atoms with Crippen molar-refractivity contribution in [2.75, 3.05) is 0 Å². The maximum absolute atomic E-state index is 14.9. The normalized spacial score (nSPS) is 13.2. The zero-order valence-corrected chi connectivity index (χ0v) is 42.7. The van der Waals surface area contributed by atoms with E-state index in [1.165, 1.54) is 0 Å². The number of alkyl halides is 6. The molecule has 0 spiro atoms. The van der Waals surface area contributed by atoms with E-state index in [1.54, 1.807) is 231 Å². The second kappa shape index (κ2) is 20.3. The molecular formula is C56H41BBr2F6O5P2. The van der Waals surface area contributed by atoms with Crippen molar-refractivity contribution in [1.29, 1.82) is 0 Å². The van der Waals surface area contributed by atoms with E-state index in [0.717, 1.165) is 8.95 Å². The van der Waals surface area contributed by atoms with E-state index in [2.05, 4.69) is 31.9 Å². The third kappa shape index (κ3) is 9.60. The Morgan fingerprint density at radius 1 is 0.319 bits per heavy atom. The molecule has 16 heteroatoms. The molecule has 0 fully saturated rings. The van der Waals surface area contributed by atoms with E-state index in [1.807, 2.05) is 0 Å². The number of hydrogen-bond acceptors (Lipinski definition) is 5. The Morgan fingerprint density at radius 2 is 0.569 bits per heavy atom. The van der Waals surface area contributed by atoms with Gasteiger partial charge < -0.3 is 0 Å². The summed E-state index contributed by atoms with van der Waals surface area (Å²) in [4.78, 5) is 0. The van der Waals surface area contributed by atoms with Gasteiger partial charge in [-0.05, 0) is 0 Å². The van der Waals surface area contributed by atoms with Crippen molar-refractivity contribution in [3.8, 4) is 17.2 Å². The molecule has 5 nitrogen and oxygen atoms in total. The van der Waals surface area contributed by atoms with Crippen molar-refractivity contribution in [1.82, 2.24) is 0 Å². The van der Waals surface area contributed by atoms with Gasteiger partial charge >= 0.3 is 432 Å². The van der Waals surface area contributed by atoms with E-state index in [0.29, 0.717) is 44.0 Å². The summed E-state index contributed by atoms with van der Waals surface area (Å²) in [5, 5.41) is 2.55. The van der Waals surface area contributed by atoms with Crippen molar-refractivity contribution in [2.45, 2.75) is 12.4 Å². The average molecular weight is 1140 g/mol. The van der Waals surface area contributed by atoms with E-state index < -0.39 is 50.7 Å². The maximum atomic E-state index is 14.9. The standard InChI is InChI=1S/C56H41BBr2F6O5P2/c58-44-31-35-46(36-32-44)67-71(49-19-7-1-8-20-49,50-21-9-2-10-22-50,51-23-11-3-12-24-51)69-57(66-48-40-42(55(60,61)62)39-43(41-48)56(63,64)65)70-72(52-25-13-4-14-26-52,53-27-15-5-16-28-53,54-29-17-6-18-30-54)68-47-37-33-45(59)34-38-47/h1-41H. The Bertz CT molecular complexity index is 2830. The molecule has 9 aromatic rings. The number of benzene rings is 9. The molecule has 0 amide bonds. The predicted octanol–water partition coefficient (Wildman–Crippen LogP) is 14.5. The van der Waals surface area contributed by atoms with Crippen LogP contribution in [0.5, 0.6) is 17.2 Å². The fourth-order valence-electron chi connectivity index (χ4n) is 8.70. The molecule has 72 heavy (non-hydrogen) atoms. The summed E-state index contributed by atoms with van der Waals surface area (Å²) < 4.78 is 129. The van der Waals surface area contributed by atoms with Crippen LogP contribution in [0.15, 0.2) is 258 Å². The summed E-state index contributed by atoms with van der Waals surface area (Å²) in [6.45, 7) is 0. The van der Waals surface area contributed by atoms with Gasteiger partial charge in [0.2, 0.25) is 0 Å². The van der Waals surface area contributed by atoms with Crippen LogP contribution in [0.1, 0.15) is 11.1 Å². The number of rotatable bonds is 16. The molecule has 0 aliphatic rings. The van der Waals surface area contributed by atoms with Gasteiger partial charge in [-0.25, -0.2) is 0 Å². The molecular weight excluding hydrogens is 1100 g/mol. The second-order valence-corrected chi connectivity index (χ2v) is 25.9. The van der Waals surface area contributed by atoms with E-state index in [-0.39, 0.29) is 17.6 Å². The fraction of sp³-hybridized carbons (Fsp3) is 0.0357. The van der Waals surface area contributed by atoms with Crippen molar-refractivity contribution in [2.24, 2.45) is 0 Å². The van der Waals surface area contributed by atoms with Gasteiger partial charge in [0.15, 0.2) is 0 Å². The van der Waals surface area contributed by atoms with Gasteiger partial charge in [-0.1, -0.05) is 0 Å². The Labute approximate surface area is 430 Å². The molecule has 364 valence electrons. The first-order valence-electron chi connectivity index (χ1n) is 22.2. The van der Waals surface area contributed by atoms with E-state index >= 15 is 0 Å². The molecule has 0 atom stereocenters. The van der Waals surface area contributed by atoms with E-state index in [9.17, 15) is 26.3 Å².